The largest absolute Gasteiger partial charge is 0.494 e. The van der Waals surface area contributed by atoms with Gasteiger partial charge in [0.25, 0.3) is 0 Å². The molecule has 0 radical (unpaired) electrons. The number of ether oxygens (including phenoxy) is 1. The molecule has 0 saturated heterocycles. The second-order valence-corrected chi connectivity index (χ2v) is 5.91. The van der Waals surface area contributed by atoms with Crippen LogP contribution in [0.25, 0.3) is 5.69 Å². The Hall–Kier alpha value is -2.41. The number of aryl methyl sites for hydroxylation is 1. The highest BCUT2D eigenvalue weighted by atomic mass is 32.2. The van der Waals surface area contributed by atoms with Crippen molar-refractivity contribution in [3.05, 3.63) is 59.4 Å². The lowest BCUT2D eigenvalue weighted by Gasteiger charge is -2.06. The third kappa shape index (κ3) is 3.50. The molecule has 3 rings (SSSR count). The van der Waals surface area contributed by atoms with Crippen molar-refractivity contribution in [1.29, 1.82) is 0 Å². The lowest BCUT2D eigenvalue weighted by atomic mass is 10.2. The summed E-state index contributed by atoms with van der Waals surface area (Å²) in [6, 6.07) is 12.8. The smallest absolute Gasteiger partial charge is 0.214 e. The first-order valence-electron chi connectivity index (χ1n) is 6.98. The van der Waals surface area contributed by atoms with Gasteiger partial charge in [0.15, 0.2) is 11.6 Å². The SMILES string of the molecule is COc1ccc(CSc2nnnn2-c2ccc(C)cc2)cc1F. The number of halogens is 1. The molecule has 7 heteroatoms. The number of benzene rings is 2. The van der Waals surface area contributed by atoms with Crippen LogP contribution in [0.2, 0.25) is 0 Å². The van der Waals surface area contributed by atoms with E-state index in [1.54, 1.807) is 10.7 Å². The Kier molecular flexibility index (Phi) is 4.57. The molecule has 1 heterocycles. The van der Waals surface area contributed by atoms with E-state index in [1.165, 1.54) is 30.5 Å². The zero-order chi connectivity index (χ0) is 16.2. The molecule has 0 bridgehead atoms. The minimum absolute atomic E-state index is 0.239. The number of rotatable bonds is 5. The minimum atomic E-state index is -0.372. The predicted octanol–water partition coefficient (Wildman–Crippen LogP) is 3.41. The van der Waals surface area contributed by atoms with Crippen molar-refractivity contribution in [3.8, 4) is 11.4 Å². The summed E-state index contributed by atoms with van der Waals surface area (Å²) in [4.78, 5) is 0. The van der Waals surface area contributed by atoms with E-state index < -0.39 is 0 Å². The van der Waals surface area contributed by atoms with Crippen molar-refractivity contribution >= 4 is 11.8 Å². The highest BCUT2D eigenvalue weighted by molar-refractivity contribution is 7.98. The van der Waals surface area contributed by atoms with Gasteiger partial charge in [-0.05, 0) is 47.2 Å². The summed E-state index contributed by atoms with van der Waals surface area (Å²) in [6.07, 6.45) is 0. The molecule has 5 nitrogen and oxygen atoms in total. The maximum absolute atomic E-state index is 13.7. The first-order chi connectivity index (χ1) is 11.2. The van der Waals surface area contributed by atoms with Gasteiger partial charge in [0.1, 0.15) is 0 Å². The molecule has 0 saturated carbocycles. The molecule has 0 aliphatic rings. The zero-order valence-corrected chi connectivity index (χ0v) is 13.5. The van der Waals surface area contributed by atoms with Gasteiger partial charge in [0.05, 0.1) is 12.8 Å². The van der Waals surface area contributed by atoms with E-state index in [0.29, 0.717) is 10.9 Å². The Morgan fingerprint density at radius 3 is 2.65 bits per heavy atom. The highest BCUT2D eigenvalue weighted by Gasteiger charge is 2.10. The topological polar surface area (TPSA) is 52.8 Å². The van der Waals surface area contributed by atoms with E-state index in [4.69, 9.17) is 4.74 Å². The zero-order valence-electron chi connectivity index (χ0n) is 12.7. The van der Waals surface area contributed by atoms with Crippen LogP contribution >= 0.6 is 11.8 Å². The van der Waals surface area contributed by atoms with Crippen LogP contribution in [0.4, 0.5) is 4.39 Å². The summed E-state index contributed by atoms with van der Waals surface area (Å²) < 4.78 is 20.3. The molecule has 23 heavy (non-hydrogen) atoms. The standard InChI is InChI=1S/C16H15FN4OS/c1-11-3-6-13(7-4-11)21-16(18-19-20-21)23-10-12-5-8-15(22-2)14(17)9-12/h3-9H,10H2,1-2H3. The van der Waals surface area contributed by atoms with Gasteiger partial charge in [0, 0.05) is 5.75 Å². The number of aromatic nitrogens is 4. The number of hydrogen-bond acceptors (Lipinski definition) is 5. The number of nitrogens with zero attached hydrogens (tertiary/aromatic N) is 4. The molecule has 0 aliphatic heterocycles. The molecular weight excluding hydrogens is 315 g/mol. The Morgan fingerprint density at radius 1 is 1.17 bits per heavy atom. The number of tetrazole rings is 1. The Bertz CT molecular complexity index is 804. The first-order valence-corrected chi connectivity index (χ1v) is 7.96. The molecule has 0 aliphatic carbocycles. The minimum Gasteiger partial charge on any atom is -0.494 e. The lowest BCUT2D eigenvalue weighted by molar-refractivity contribution is 0.386. The fourth-order valence-electron chi connectivity index (χ4n) is 2.06. The van der Waals surface area contributed by atoms with E-state index in [0.717, 1.165) is 11.3 Å². The van der Waals surface area contributed by atoms with Crippen LogP contribution in [0.5, 0.6) is 5.75 Å². The lowest BCUT2D eigenvalue weighted by Crippen LogP contribution is -1.99. The van der Waals surface area contributed by atoms with Crippen molar-refractivity contribution < 1.29 is 9.13 Å². The van der Waals surface area contributed by atoms with Crippen molar-refractivity contribution in [2.24, 2.45) is 0 Å². The quantitative estimate of drug-likeness (QED) is 0.671. The normalized spacial score (nSPS) is 10.7. The van der Waals surface area contributed by atoms with Gasteiger partial charge < -0.3 is 4.74 Å². The maximum atomic E-state index is 13.7. The van der Waals surface area contributed by atoms with E-state index in [-0.39, 0.29) is 11.6 Å². The molecule has 118 valence electrons. The Morgan fingerprint density at radius 2 is 1.96 bits per heavy atom. The van der Waals surface area contributed by atoms with Gasteiger partial charge in [-0.1, -0.05) is 35.5 Å². The van der Waals surface area contributed by atoms with Crippen LogP contribution < -0.4 is 4.74 Å². The van der Waals surface area contributed by atoms with Crippen molar-refractivity contribution in [1.82, 2.24) is 20.2 Å². The summed E-state index contributed by atoms with van der Waals surface area (Å²) in [5, 5.41) is 12.4. The molecule has 0 atom stereocenters. The van der Waals surface area contributed by atoms with Gasteiger partial charge in [0.2, 0.25) is 5.16 Å². The van der Waals surface area contributed by atoms with E-state index >= 15 is 0 Å². The summed E-state index contributed by atoms with van der Waals surface area (Å²) >= 11 is 1.45. The van der Waals surface area contributed by atoms with Crippen molar-refractivity contribution in [2.45, 2.75) is 17.8 Å². The molecule has 2 aromatic carbocycles. The van der Waals surface area contributed by atoms with E-state index in [2.05, 4.69) is 15.5 Å². The molecule has 3 aromatic rings. The summed E-state index contributed by atoms with van der Waals surface area (Å²) in [7, 11) is 1.45. The molecule has 0 fully saturated rings. The maximum Gasteiger partial charge on any atom is 0.214 e. The summed E-state index contributed by atoms with van der Waals surface area (Å²) in [6.45, 7) is 2.03. The molecular formula is C16H15FN4OS. The Labute approximate surface area is 137 Å². The molecule has 0 amide bonds. The van der Waals surface area contributed by atoms with Crippen molar-refractivity contribution in [3.63, 3.8) is 0 Å². The second kappa shape index (κ2) is 6.78. The van der Waals surface area contributed by atoms with Gasteiger partial charge in [-0.15, -0.1) is 5.10 Å². The average molecular weight is 330 g/mol. The number of hydrogen-bond donors (Lipinski definition) is 0. The fraction of sp³-hybridized carbons (Fsp3) is 0.188. The summed E-state index contributed by atoms with van der Waals surface area (Å²) in [5.41, 5.74) is 2.90. The van der Waals surface area contributed by atoms with Crippen LogP contribution in [0.1, 0.15) is 11.1 Å². The third-order valence-electron chi connectivity index (χ3n) is 3.30. The van der Waals surface area contributed by atoms with Crippen LogP contribution in [0.15, 0.2) is 47.6 Å². The van der Waals surface area contributed by atoms with Crippen molar-refractivity contribution in [2.75, 3.05) is 7.11 Å². The van der Waals surface area contributed by atoms with Gasteiger partial charge >= 0.3 is 0 Å². The van der Waals surface area contributed by atoms with Gasteiger partial charge in [-0.25, -0.2) is 4.39 Å². The number of thioether (sulfide) groups is 1. The first kappa shape index (κ1) is 15.5. The van der Waals surface area contributed by atoms with Crippen LogP contribution in [0.3, 0.4) is 0 Å². The van der Waals surface area contributed by atoms with E-state index in [9.17, 15) is 4.39 Å². The average Bonchev–Trinajstić information content (AvgIpc) is 3.02. The van der Waals surface area contributed by atoms with Gasteiger partial charge in [-0.3, -0.25) is 0 Å². The van der Waals surface area contributed by atoms with Crippen LogP contribution in [-0.2, 0) is 5.75 Å². The Balaban J connectivity index is 1.76. The third-order valence-corrected chi connectivity index (χ3v) is 4.29. The van der Waals surface area contributed by atoms with Crippen LogP contribution in [0, 0.1) is 12.7 Å². The summed E-state index contributed by atoms with van der Waals surface area (Å²) in [5.74, 6) is 0.430. The van der Waals surface area contributed by atoms with Crippen LogP contribution in [-0.4, -0.2) is 27.3 Å². The van der Waals surface area contributed by atoms with E-state index in [1.807, 2.05) is 37.3 Å². The molecule has 0 unspecified atom stereocenters. The van der Waals surface area contributed by atoms with Gasteiger partial charge in [-0.2, -0.15) is 4.68 Å². The fourth-order valence-corrected chi connectivity index (χ4v) is 2.90. The molecule has 0 spiro atoms. The predicted molar refractivity (Wildman–Crippen MR) is 86.4 cm³/mol. The molecule has 1 aromatic heterocycles. The molecule has 0 N–H and O–H groups in total. The highest BCUT2D eigenvalue weighted by Crippen LogP contribution is 2.25. The monoisotopic (exact) mass is 330 g/mol. The second-order valence-electron chi connectivity index (χ2n) is 4.97. The number of methoxy groups -OCH3 is 1.